The first kappa shape index (κ1) is 9.83. The van der Waals surface area contributed by atoms with Crippen LogP contribution in [0.15, 0.2) is 12.2 Å². The molecule has 2 nitrogen and oxygen atoms in total. The summed E-state index contributed by atoms with van der Waals surface area (Å²) in [4.78, 5) is 0. The Morgan fingerprint density at radius 1 is 0.857 bits per heavy atom. The third-order valence-electron chi connectivity index (χ3n) is 0.908. The lowest BCUT2D eigenvalue weighted by atomic mass is 10.4. The Kier molecular flexibility index (Phi) is 7.94. The molecule has 0 unspecified atom stereocenters. The van der Waals surface area contributed by atoms with Crippen molar-refractivity contribution in [3.05, 3.63) is 12.2 Å². The number of hydrogen-bond donors (Lipinski definition) is 0. The van der Waals surface area contributed by atoms with Gasteiger partial charge in [0.15, 0.2) is 0 Å². The summed E-state index contributed by atoms with van der Waals surface area (Å²) in [5.74, 6) is 0. The van der Waals surface area contributed by atoms with Crippen LogP contribution in [0.5, 0.6) is 0 Å². The highest BCUT2D eigenvalue weighted by Gasteiger charge is 1.84. The van der Waals surface area contributed by atoms with Gasteiger partial charge in [-0.25, -0.2) is 0 Å². The quantitative estimate of drug-likeness (QED) is 0.414. The highest BCUT2D eigenvalue weighted by Crippen LogP contribution is 2.05. The zero-order valence-corrected chi connectivity index (χ0v) is 4.09. The molecule has 0 bridgehead atoms. The van der Waals surface area contributed by atoms with Crippen LogP contribution in [0.3, 0.4) is 0 Å². The van der Waals surface area contributed by atoms with Crippen LogP contribution in [0.1, 0.15) is 19.3 Å². The summed E-state index contributed by atoms with van der Waals surface area (Å²) in [6.07, 6.45) is 8.50. The fraction of sp³-hybridized carbons (Fsp3) is 0.600. The third kappa shape index (κ3) is 3.49. The average molecular weight is 100 g/mol. The molecule has 7 heavy (non-hydrogen) atoms. The van der Waals surface area contributed by atoms with Crippen molar-refractivity contribution in [3.63, 3.8) is 0 Å². The molecule has 0 heterocycles. The zero-order valence-electron chi connectivity index (χ0n) is 4.09. The van der Waals surface area contributed by atoms with E-state index in [4.69, 9.17) is 0 Å². The molecule has 0 atom stereocenters. The molecule has 0 saturated heterocycles. The van der Waals surface area contributed by atoms with Crippen LogP contribution in [0.25, 0.3) is 0 Å². The minimum absolute atomic E-state index is 0. The van der Waals surface area contributed by atoms with E-state index < -0.39 is 0 Å². The summed E-state index contributed by atoms with van der Waals surface area (Å²) in [5, 5.41) is 0. The molecule has 0 aromatic carbocycles. The van der Waals surface area contributed by atoms with E-state index in [1.807, 2.05) is 0 Å². The van der Waals surface area contributed by atoms with E-state index in [0.717, 1.165) is 0 Å². The van der Waals surface area contributed by atoms with Crippen molar-refractivity contribution in [3.8, 4) is 0 Å². The predicted octanol–water partition coefficient (Wildman–Crippen LogP) is 1.49. The first-order valence-corrected chi connectivity index (χ1v) is 2.15. The van der Waals surface area contributed by atoms with E-state index >= 15 is 0 Å². The molecule has 0 aromatic rings. The maximum atomic E-state index is 2.24. The van der Waals surface area contributed by atoms with Crippen LogP contribution in [-0.4, -0.2) is 0 Å². The van der Waals surface area contributed by atoms with E-state index in [0.29, 0.717) is 0 Å². The normalized spacial score (nSPS) is 14.9. The van der Waals surface area contributed by atoms with Crippen molar-refractivity contribution in [1.82, 2.24) is 0 Å². The first-order valence-electron chi connectivity index (χ1n) is 2.15. The Hall–Kier alpha value is -0.340. The van der Waals surface area contributed by atoms with Gasteiger partial charge in [-0.15, -0.1) is 0 Å². The zero-order chi connectivity index (χ0) is 3.54. The highest BCUT2D eigenvalue weighted by atomic mass is 16.0. The van der Waals surface area contributed by atoms with Crippen molar-refractivity contribution in [2.75, 3.05) is 0 Å². The molecule has 0 aliphatic heterocycles. The van der Waals surface area contributed by atoms with E-state index in [1.54, 1.807) is 0 Å². The van der Waals surface area contributed by atoms with Gasteiger partial charge in [0.1, 0.15) is 0 Å². The van der Waals surface area contributed by atoms with Crippen molar-refractivity contribution >= 4 is 0 Å². The smallest absolute Gasteiger partial charge is 0 e. The predicted molar refractivity (Wildman–Crippen MR) is 24.4 cm³/mol. The lowest BCUT2D eigenvalue weighted by Crippen LogP contribution is -1.50. The van der Waals surface area contributed by atoms with Gasteiger partial charge in [-0.3, -0.25) is 0 Å². The van der Waals surface area contributed by atoms with Crippen LogP contribution in [0.2, 0.25) is 0 Å². The lowest BCUT2D eigenvalue weighted by Gasteiger charge is -1.69. The second-order valence-electron chi connectivity index (χ2n) is 1.40. The summed E-state index contributed by atoms with van der Waals surface area (Å²) >= 11 is 0. The maximum Gasteiger partial charge on any atom is 0 e. The molecule has 0 N–H and O–H groups in total. The Bertz CT molecular complexity index is 44.0. The summed E-state index contributed by atoms with van der Waals surface area (Å²) in [5.41, 5.74) is 0. The van der Waals surface area contributed by atoms with Crippen molar-refractivity contribution in [1.29, 1.82) is 0 Å². The van der Waals surface area contributed by atoms with Crippen LogP contribution >= 0.6 is 0 Å². The molecule has 0 spiro atoms. The molecule has 1 rings (SSSR count). The standard InChI is InChI=1S/C5H8.2O/c1-2-4-5-3-1;;/h1-2H,3-5H2;;. The molecule has 1 aliphatic carbocycles. The fourth-order valence-corrected chi connectivity index (χ4v) is 0.589. The Morgan fingerprint density at radius 3 is 1.43 bits per heavy atom. The number of hydrogen-bond acceptors (Lipinski definition) is 0. The van der Waals surface area contributed by atoms with Crippen LogP contribution in [0, 0.1) is 0 Å². The van der Waals surface area contributed by atoms with Gasteiger partial charge >= 0.3 is 0 Å². The first-order chi connectivity index (χ1) is 2.50. The molecule has 0 fully saturated rings. The summed E-state index contributed by atoms with van der Waals surface area (Å²) in [6, 6.07) is 0. The minimum Gasteiger partial charge on any atom is -0.0885 e. The topological polar surface area (TPSA) is 57.0 Å². The summed E-state index contributed by atoms with van der Waals surface area (Å²) in [6.45, 7) is 0. The number of allylic oxidation sites excluding steroid dienone is 2. The van der Waals surface area contributed by atoms with Gasteiger partial charge in [0.2, 0.25) is 0 Å². The minimum atomic E-state index is 0. The van der Waals surface area contributed by atoms with E-state index in [1.165, 1.54) is 19.3 Å². The molecule has 1 aliphatic rings. The largest absolute Gasteiger partial charge is 0.0885 e. The molecular weight excluding hydrogens is 92.1 g/mol. The molecular formula is C5H8O2. The maximum absolute atomic E-state index is 2.24. The van der Waals surface area contributed by atoms with Gasteiger partial charge in [0.05, 0.1) is 0 Å². The van der Waals surface area contributed by atoms with Gasteiger partial charge < -0.3 is 0 Å². The lowest BCUT2D eigenvalue weighted by molar-refractivity contribution is 0.686. The van der Waals surface area contributed by atoms with Gasteiger partial charge in [0, 0.05) is 11.0 Å². The molecule has 0 saturated carbocycles. The molecule has 2 heteroatoms. The van der Waals surface area contributed by atoms with Crippen molar-refractivity contribution in [2.24, 2.45) is 0 Å². The van der Waals surface area contributed by atoms with E-state index in [2.05, 4.69) is 12.2 Å². The monoisotopic (exact) mass is 100 g/mol. The van der Waals surface area contributed by atoms with Gasteiger partial charge in [0.25, 0.3) is 0 Å². The third-order valence-corrected chi connectivity index (χ3v) is 0.908. The van der Waals surface area contributed by atoms with Gasteiger partial charge in [-0.2, -0.15) is 0 Å². The van der Waals surface area contributed by atoms with Crippen molar-refractivity contribution < 1.29 is 11.0 Å². The second-order valence-corrected chi connectivity index (χ2v) is 1.40. The van der Waals surface area contributed by atoms with E-state index in [9.17, 15) is 0 Å². The summed E-state index contributed by atoms with van der Waals surface area (Å²) < 4.78 is 0. The SMILES string of the molecule is C1=CCCC1.[O].[O]. The Balaban J connectivity index is 0. The average Bonchev–Trinajstić information content (AvgIpc) is 1.76. The van der Waals surface area contributed by atoms with E-state index in [-0.39, 0.29) is 11.0 Å². The second kappa shape index (κ2) is 5.66. The van der Waals surface area contributed by atoms with Crippen LogP contribution in [0.4, 0.5) is 0 Å². The Morgan fingerprint density at radius 2 is 1.29 bits per heavy atom. The Labute approximate surface area is 43.5 Å². The molecule has 4 radical (unpaired) electrons. The van der Waals surface area contributed by atoms with Crippen molar-refractivity contribution in [2.45, 2.75) is 19.3 Å². The molecule has 40 valence electrons. The molecule has 0 aromatic heterocycles. The van der Waals surface area contributed by atoms with Gasteiger partial charge in [-0.05, 0) is 19.3 Å². The fourth-order valence-electron chi connectivity index (χ4n) is 0.589. The van der Waals surface area contributed by atoms with Crippen LogP contribution < -0.4 is 0 Å². The molecule has 0 amide bonds. The summed E-state index contributed by atoms with van der Waals surface area (Å²) in [7, 11) is 0. The highest BCUT2D eigenvalue weighted by molar-refractivity contribution is 4.88. The van der Waals surface area contributed by atoms with Crippen LogP contribution in [-0.2, 0) is 11.0 Å². The number of rotatable bonds is 0. The van der Waals surface area contributed by atoms with Gasteiger partial charge in [-0.1, -0.05) is 12.2 Å².